The number of hydrogen-bond donors (Lipinski definition) is 1. The number of benzene rings is 2. The minimum atomic E-state index is -4.58. The fraction of sp³-hybridized carbons (Fsp3) is 0.261. The minimum Gasteiger partial charge on any atom is -0.340 e. The average molecular weight is 441 g/mol. The van der Waals surface area contributed by atoms with Crippen molar-refractivity contribution in [1.82, 2.24) is 14.9 Å². The van der Waals surface area contributed by atoms with E-state index in [4.69, 9.17) is 0 Å². The van der Waals surface area contributed by atoms with Crippen LogP contribution in [0.5, 0.6) is 0 Å². The summed E-state index contributed by atoms with van der Waals surface area (Å²) < 4.78 is 39.9. The van der Waals surface area contributed by atoms with Crippen LogP contribution in [0.2, 0.25) is 0 Å². The van der Waals surface area contributed by atoms with Gasteiger partial charge in [-0.25, -0.2) is 4.98 Å². The van der Waals surface area contributed by atoms with Crippen LogP contribution in [0.25, 0.3) is 0 Å². The predicted octanol–water partition coefficient (Wildman–Crippen LogP) is 4.51. The molecule has 32 heavy (non-hydrogen) atoms. The summed E-state index contributed by atoms with van der Waals surface area (Å²) in [6.07, 6.45) is -4.58. The Balaban J connectivity index is 1.46. The maximum atomic E-state index is 13.3. The lowest BCUT2D eigenvalue weighted by atomic mass is 10.1. The maximum Gasteiger partial charge on any atom is 0.417 e. The number of amides is 1. The van der Waals surface area contributed by atoms with Crippen molar-refractivity contribution >= 4 is 23.4 Å². The highest BCUT2D eigenvalue weighted by atomic mass is 19.4. The Labute approximate surface area is 183 Å². The van der Waals surface area contributed by atoms with E-state index >= 15 is 0 Å². The van der Waals surface area contributed by atoms with Crippen molar-refractivity contribution in [2.24, 2.45) is 0 Å². The first kappa shape index (κ1) is 21.6. The summed E-state index contributed by atoms with van der Waals surface area (Å²) in [6, 6.07) is 16.4. The highest BCUT2D eigenvalue weighted by molar-refractivity contribution is 5.96. The van der Waals surface area contributed by atoms with Crippen LogP contribution in [-0.4, -0.2) is 47.0 Å². The lowest BCUT2D eigenvalue weighted by Gasteiger charge is -2.35. The molecular formula is C23H22F3N5O. The van der Waals surface area contributed by atoms with Gasteiger partial charge in [0.15, 0.2) is 0 Å². The molecule has 1 saturated heterocycles. The lowest BCUT2D eigenvalue weighted by Crippen LogP contribution is -2.49. The van der Waals surface area contributed by atoms with Crippen LogP contribution in [-0.2, 0) is 6.18 Å². The van der Waals surface area contributed by atoms with E-state index < -0.39 is 17.6 Å². The van der Waals surface area contributed by atoms with Crippen molar-refractivity contribution in [2.75, 3.05) is 36.4 Å². The first-order valence-corrected chi connectivity index (χ1v) is 10.2. The molecule has 1 aromatic heterocycles. The van der Waals surface area contributed by atoms with Gasteiger partial charge in [0.2, 0.25) is 5.95 Å². The standard InChI is InChI=1S/C23H22F3N5O/c1-16-15-20(28-17-7-3-2-4-8-17)29-22(27-16)31-13-11-30(12-14-31)21(32)18-9-5-6-10-19(18)23(24,25)26/h2-10,15H,11-14H2,1H3,(H,27,28,29). The van der Waals surface area contributed by atoms with E-state index in [0.717, 1.165) is 17.4 Å². The van der Waals surface area contributed by atoms with Gasteiger partial charge in [-0.15, -0.1) is 0 Å². The molecule has 1 N–H and O–H groups in total. The second kappa shape index (κ2) is 8.86. The monoisotopic (exact) mass is 441 g/mol. The summed E-state index contributed by atoms with van der Waals surface area (Å²) in [5.41, 5.74) is 0.446. The number of aryl methyl sites for hydroxylation is 1. The van der Waals surface area contributed by atoms with Crippen LogP contribution in [0.15, 0.2) is 60.7 Å². The third kappa shape index (κ3) is 4.82. The van der Waals surface area contributed by atoms with E-state index in [1.165, 1.54) is 23.1 Å². The SMILES string of the molecule is Cc1cc(Nc2ccccc2)nc(N2CCN(C(=O)c3ccccc3C(F)(F)F)CC2)n1. The van der Waals surface area contributed by atoms with E-state index in [1.807, 2.05) is 48.2 Å². The summed E-state index contributed by atoms with van der Waals surface area (Å²) in [7, 11) is 0. The van der Waals surface area contributed by atoms with Crippen molar-refractivity contribution in [1.29, 1.82) is 0 Å². The number of hydrogen-bond acceptors (Lipinski definition) is 5. The number of anilines is 3. The van der Waals surface area contributed by atoms with Crippen molar-refractivity contribution < 1.29 is 18.0 Å². The second-order valence-corrected chi connectivity index (χ2v) is 7.51. The smallest absolute Gasteiger partial charge is 0.340 e. The number of piperazine rings is 1. The first-order valence-electron chi connectivity index (χ1n) is 10.2. The van der Waals surface area contributed by atoms with E-state index in [2.05, 4.69) is 15.3 Å². The van der Waals surface area contributed by atoms with E-state index in [-0.39, 0.29) is 18.7 Å². The number of nitrogens with zero attached hydrogens (tertiary/aromatic N) is 4. The Morgan fingerprint density at radius 2 is 1.59 bits per heavy atom. The maximum absolute atomic E-state index is 13.3. The van der Waals surface area contributed by atoms with Crippen LogP contribution in [0, 0.1) is 6.92 Å². The van der Waals surface area contributed by atoms with Crippen LogP contribution < -0.4 is 10.2 Å². The van der Waals surface area contributed by atoms with Gasteiger partial charge in [0, 0.05) is 43.6 Å². The molecule has 1 amide bonds. The van der Waals surface area contributed by atoms with Crippen molar-refractivity contribution in [3.63, 3.8) is 0 Å². The fourth-order valence-electron chi connectivity index (χ4n) is 3.62. The average Bonchev–Trinajstić information content (AvgIpc) is 2.78. The Kier molecular flexibility index (Phi) is 5.98. The zero-order chi connectivity index (χ0) is 22.7. The molecule has 1 aliphatic rings. The molecule has 1 aliphatic heterocycles. The molecule has 9 heteroatoms. The fourth-order valence-corrected chi connectivity index (χ4v) is 3.62. The highest BCUT2D eigenvalue weighted by Crippen LogP contribution is 2.32. The molecule has 0 bridgehead atoms. The van der Waals surface area contributed by atoms with Crippen molar-refractivity contribution in [2.45, 2.75) is 13.1 Å². The van der Waals surface area contributed by atoms with Gasteiger partial charge >= 0.3 is 6.18 Å². The third-order valence-electron chi connectivity index (χ3n) is 5.20. The zero-order valence-corrected chi connectivity index (χ0v) is 17.4. The number of carbonyl (C=O) groups excluding carboxylic acids is 1. The highest BCUT2D eigenvalue weighted by Gasteiger charge is 2.36. The van der Waals surface area contributed by atoms with Gasteiger partial charge in [0.05, 0.1) is 11.1 Å². The quantitative estimate of drug-likeness (QED) is 0.646. The molecule has 2 heterocycles. The molecular weight excluding hydrogens is 419 g/mol. The van der Waals surface area contributed by atoms with Gasteiger partial charge in [-0.2, -0.15) is 18.2 Å². The molecule has 2 aromatic carbocycles. The van der Waals surface area contributed by atoms with Gasteiger partial charge < -0.3 is 15.1 Å². The molecule has 6 nitrogen and oxygen atoms in total. The van der Waals surface area contributed by atoms with Crippen molar-refractivity contribution in [3.8, 4) is 0 Å². The molecule has 3 aromatic rings. The Bertz CT molecular complexity index is 1100. The Morgan fingerprint density at radius 1 is 0.938 bits per heavy atom. The van der Waals surface area contributed by atoms with Gasteiger partial charge in [-0.3, -0.25) is 4.79 Å². The van der Waals surface area contributed by atoms with E-state index in [1.54, 1.807) is 0 Å². The molecule has 0 radical (unpaired) electrons. The van der Waals surface area contributed by atoms with Gasteiger partial charge in [0.25, 0.3) is 5.91 Å². The lowest BCUT2D eigenvalue weighted by molar-refractivity contribution is -0.138. The van der Waals surface area contributed by atoms with Crippen LogP contribution in [0.1, 0.15) is 21.6 Å². The molecule has 0 spiro atoms. The molecule has 0 aliphatic carbocycles. The summed E-state index contributed by atoms with van der Waals surface area (Å²) in [4.78, 5) is 25.2. The second-order valence-electron chi connectivity index (χ2n) is 7.51. The largest absolute Gasteiger partial charge is 0.417 e. The Hall–Kier alpha value is -3.62. The number of para-hydroxylation sites is 1. The van der Waals surface area contributed by atoms with Gasteiger partial charge in [-0.1, -0.05) is 30.3 Å². The molecule has 166 valence electrons. The number of carbonyl (C=O) groups is 1. The van der Waals surface area contributed by atoms with E-state index in [9.17, 15) is 18.0 Å². The normalized spacial score (nSPS) is 14.4. The van der Waals surface area contributed by atoms with E-state index in [0.29, 0.717) is 24.9 Å². The summed E-state index contributed by atoms with van der Waals surface area (Å²) >= 11 is 0. The van der Waals surface area contributed by atoms with Crippen LogP contribution in [0.3, 0.4) is 0 Å². The summed E-state index contributed by atoms with van der Waals surface area (Å²) in [5.74, 6) is 0.553. The zero-order valence-electron chi connectivity index (χ0n) is 17.4. The summed E-state index contributed by atoms with van der Waals surface area (Å²) in [6.45, 7) is 3.28. The topological polar surface area (TPSA) is 61.4 Å². The number of aromatic nitrogens is 2. The number of halogens is 3. The number of alkyl halides is 3. The Morgan fingerprint density at radius 3 is 2.28 bits per heavy atom. The molecule has 0 atom stereocenters. The van der Waals surface area contributed by atoms with Crippen molar-refractivity contribution in [3.05, 3.63) is 77.5 Å². The number of nitrogens with one attached hydrogen (secondary N) is 1. The first-order chi connectivity index (χ1) is 15.3. The predicted molar refractivity (Wildman–Crippen MR) is 116 cm³/mol. The molecule has 0 saturated carbocycles. The van der Waals surface area contributed by atoms with Gasteiger partial charge in [-0.05, 0) is 31.2 Å². The molecule has 4 rings (SSSR count). The molecule has 1 fully saturated rings. The van der Waals surface area contributed by atoms with Crippen LogP contribution in [0.4, 0.5) is 30.6 Å². The molecule has 0 unspecified atom stereocenters. The van der Waals surface area contributed by atoms with Gasteiger partial charge in [0.1, 0.15) is 5.82 Å². The number of rotatable bonds is 4. The summed E-state index contributed by atoms with van der Waals surface area (Å²) in [5, 5.41) is 3.24. The minimum absolute atomic E-state index is 0.282. The third-order valence-corrected chi connectivity index (χ3v) is 5.20. The van der Waals surface area contributed by atoms with Crippen LogP contribution >= 0.6 is 0 Å².